The number of aryl methyl sites for hydroxylation is 1. The molecule has 1 nitrogen and oxygen atoms in total. The lowest BCUT2D eigenvalue weighted by Gasteiger charge is -2.11. The average molecular weight is 193 g/mol. The molecule has 3 unspecified atom stereocenters. The Hall–Kier alpha value is -0.890. The summed E-state index contributed by atoms with van der Waals surface area (Å²) in [5, 5.41) is 0. The molecule has 76 valence electrons. The molecule has 1 aliphatic rings. The van der Waals surface area contributed by atoms with Gasteiger partial charge in [0.05, 0.1) is 0 Å². The van der Waals surface area contributed by atoms with E-state index in [2.05, 4.69) is 6.92 Å². The molecule has 1 aromatic carbocycles. The van der Waals surface area contributed by atoms with E-state index in [0.717, 1.165) is 5.56 Å². The molecular formula is C12H16FN. The Bertz CT molecular complexity index is 348. The van der Waals surface area contributed by atoms with Gasteiger partial charge >= 0.3 is 0 Å². The highest BCUT2D eigenvalue weighted by atomic mass is 19.1. The van der Waals surface area contributed by atoms with Gasteiger partial charge in [-0.2, -0.15) is 0 Å². The first kappa shape index (κ1) is 9.66. The molecule has 14 heavy (non-hydrogen) atoms. The zero-order chi connectivity index (χ0) is 10.3. The molecule has 0 spiro atoms. The molecule has 0 bridgehead atoms. The molecule has 0 aliphatic heterocycles. The predicted molar refractivity (Wildman–Crippen MR) is 55.3 cm³/mol. The Balaban J connectivity index is 2.20. The lowest BCUT2D eigenvalue weighted by molar-refractivity contribution is 0.576. The van der Waals surface area contributed by atoms with Crippen LogP contribution in [0, 0.1) is 24.6 Å². The third-order valence-electron chi connectivity index (χ3n) is 3.21. The number of rotatable bonds is 2. The molecular weight excluding hydrogens is 177 g/mol. The molecule has 3 atom stereocenters. The van der Waals surface area contributed by atoms with E-state index in [0.29, 0.717) is 17.4 Å². The van der Waals surface area contributed by atoms with Crippen LogP contribution in [0.4, 0.5) is 4.39 Å². The van der Waals surface area contributed by atoms with Crippen molar-refractivity contribution in [2.24, 2.45) is 17.6 Å². The highest BCUT2D eigenvalue weighted by molar-refractivity contribution is 5.27. The van der Waals surface area contributed by atoms with Gasteiger partial charge in [0.25, 0.3) is 0 Å². The third kappa shape index (κ3) is 1.67. The van der Waals surface area contributed by atoms with Gasteiger partial charge in [-0.05, 0) is 42.4 Å². The molecule has 2 N–H and O–H groups in total. The first-order valence-corrected chi connectivity index (χ1v) is 5.11. The summed E-state index contributed by atoms with van der Waals surface area (Å²) in [4.78, 5) is 0. The van der Waals surface area contributed by atoms with Crippen molar-refractivity contribution in [3.8, 4) is 0 Å². The smallest absolute Gasteiger partial charge is 0.126 e. The second-order valence-corrected chi connectivity index (χ2v) is 4.41. The summed E-state index contributed by atoms with van der Waals surface area (Å²) in [5.74, 6) is 1.11. The maximum Gasteiger partial charge on any atom is 0.126 e. The summed E-state index contributed by atoms with van der Waals surface area (Å²) >= 11 is 0. The predicted octanol–water partition coefficient (Wildman–Crippen LogP) is 2.79. The molecule has 1 saturated carbocycles. The van der Waals surface area contributed by atoms with Crippen LogP contribution in [-0.2, 0) is 0 Å². The van der Waals surface area contributed by atoms with Crippen LogP contribution in [0.15, 0.2) is 18.2 Å². The van der Waals surface area contributed by atoms with Crippen molar-refractivity contribution in [2.75, 3.05) is 0 Å². The van der Waals surface area contributed by atoms with Gasteiger partial charge in [-0.15, -0.1) is 0 Å². The SMILES string of the molecule is Cc1ccc(C(N)C2CC2C)cc1F. The number of halogens is 1. The van der Waals surface area contributed by atoms with Gasteiger partial charge in [0.1, 0.15) is 5.82 Å². The van der Waals surface area contributed by atoms with Crippen molar-refractivity contribution in [1.29, 1.82) is 0 Å². The maximum absolute atomic E-state index is 13.3. The van der Waals surface area contributed by atoms with Gasteiger partial charge in [0, 0.05) is 6.04 Å². The fourth-order valence-electron chi connectivity index (χ4n) is 1.91. The molecule has 1 aromatic rings. The van der Waals surface area contributed by atoms with E-state index < -0.39 is 0 Å². The number of hydrogen-bond donors (Lipinski definition) is 1. The van der Waals surface area contributed by atoms with E-state index >= 15 is 0 Å². The normalized spacial score (nSPS) is 27.4. The molecule has 0 aromatic heterocycles. The minimum absolute atomic E-state index is 0.0140. The number of nitrogens with two attached hydrogens (primary N) is 1. The summed E-state index contributed by atoms with van der Waals surface area (Å²) in [6.07, 6.45) is 1.18. The molecule has 0 heterocycles. The van der Waals surface area contributed by atoms with Crippen molar-refractivity contribution >= 4 is 0 Å². The lowest BCUT2D eigenvalue weighted by atomic mass is 10.0. The van der Waals surface area contributed by atoms with Crippen LogP contribution < -0.4 is 5.73 Å². The highest BCUT2D eigenvalue weighted by Crippen LogP contribution is 2.45. The van der Waals surface area contributed by atoms with E-state index in [1.807, 2.05) is 6.07 Å². The molecule has 1 fully saturated rings. The van der Waals surface area contributed by atoms with Crippen molar-refractivity contribution in [3.63, 3.8) is 0 Å². The summed E-state index contributed by atoms with van der Waals surface area (Å²) in [5.41, 5.74) is 7.66. The van der Waals surface area contributed by atoms with Crippen LogP contribution in [0.25, 0.3) is 0 Å². The first-order chi connectivity index (χ1) is 6.59. The Morgan fingerprint density at radius 3 is 2.64 bits per heavy atom. The van der Waals surface area contributed by atoms with E-state index in [1.165, 1.54) is 6.42 Å². The molecule has 2 heteroatoms. The Morgan fingerprint density at radius 2 is 2.14 bits per heavy atom. The van der Waals surface area contributed by atoms with Gasteiger partial charge in [-0.25, -0.2) is 4.39 Å². The van der Waals surface area contributed by atoms with Crippen molar-refractivity contribution in [1.82, 2.24) is 0 Å². The third-order valence-corrected chi connectivity index (χ3v) is 3.21. The average Bonchev–Trinajstić information content (AvgIpc) is 2.86. The van der Waals surface area contributed by atoms with E-state index in [-0.39, 0.29) is 11.9 Å². The minimum Gasteiger partial charge on any atom is -0.324 e. The highest BCUT2D eigenvalue weighted by Gasteiger charge is 2.38. The van der Waals surface area contributed by atoms with Crippen molar-refractivity contribution in [3.05, 3.63) is 35.1 Å². The number of hydrogen-bond acceptors (Lipinski definition) is 1. The monoisotopic (exact) mass is 193 g/mol. The van der Waals surface area contributed by atoms with Crippen LogP contribution in [-0.4, -0.2) is 0 Å². The van der Waals surface area contributed by atoms with Gasteiger partial charge < -0.3 is 5.73 Å². The summed E-state index contributed by atoms with van der Waals surface area (Å²) in [6, 6.07) is 5.33. The lowest BCUT2D eigenvalue weighted by Crippen LogP contribution is -2.13. The van der Waals surface area contributed by atoms with Crippen LogP contribution in [0.2, 0.25) is 0 Å². The molecule has 0 saturated heterocycles. The number of benzene rings is 1. The topological polar surface area (TPSA) is 26.0 Å². The molecule has 1 aliphatic carbocycles. The zero-order valence-electron chi connectivity index (χ0n) is 8.63. The molecule has 0 radical (unpaired) electrons. The Labute approximate surface area is 84.1 Å². The first-order valence-electron chi connectivity index (χ1n) is 5.11. The summed E-state index contributed by atoms with van der Waals surface area (Å²) in [7, 11) is 0. The van der Waals surface area contributed by atoms with Gasteiger partial charge in [-0.3, -0.25) is 0 Å². The Kier molecular flexibility index (Phi) is 2.31. The van der Waals surface area contributed by atoms with Gasteiger partial charge in [0.2, 0.25) is 0 Å². The quantitative estimate of drug-likeness (QED) is 0.768. The van der Waals surface area contributed by atoms with Crippen molar-refractivity contribution < 1.29 is 4.39 Å². The van der Waals surface area contributed by atoms with E-state index in [1.54, 1.807) is 19.1 Å². The maximum atomic E-state index is 13.3. The fourth-order valence-corrected chi connectivity index (χ4v) is 1.91. The van der Waals surface area contributed by atoms with Crippen LogP contribution in [0.3, 0.4) is 0 Å². The minimum atomic E-state index is -0.147. The van der Waals surface area contributed by atoms with Crippen molar-refractivity contribution in [2.45, 2.75) is 26.3 Å². The largest absolute Gasteiger partial charge is 0.324 e. The molecule has 0 amide bonds. The Morgan fingerprint density at radius 1 is 1.50 bits per heavy atom. The van der Waals surface area contributed by atoms with Crippen LogP contribution >= 0.6 is 0 Å². The molecule has 2 rings (SSSR count). The van der Waals surface area contributed by atoms with E-state index in [9.17, 15) is 4.39 Å². The van der Waals surface area contributed by atoms with Crippen LogP contribution in [0.1, 0.15) is 30.5 Å². The van der Waals surface area contributed by atoms with Crippen LogP contribution in [0.5, 0.6) is 0 Å². The second-order valence-electron chi connectivity index (χ2n) is 4.41. The van der Waals surface area contributed by atoms with E-state index in [4.69, 9.17) is 5.73 Å². The fraction of sp³-hybridized carbons (Fsp3) is 0.500. The van der Waals surface area contributed by atoms with Gasteiger partial charge in [0.15, 0.2) is 0 Å². The zero-order valence-corrected chi connectivity index (χ0v) is 8.63. The second kappa shape index (κ2) is 3.35. The van der Waals surface area contributed by atoms with Gasteiger partial charge in [-0.1, -0.05) is 19.1 Å². The summed E-state index contributed by atoms with van der Waals surface area (Å²) in [6.45, 7) is 3.96. The standard InChI is InChI=1S/C12H16FN/c1-7-3-4-9(6-11(7)13)12(14)10-5-8(10)2/h3-4,6,8,10,12H,5,14H2,1-2H3. The summed E-state index contributed by atoms with van der Waals surface area (Å²) < 4.78 is 13.3.